The first-order chi connectivity index (χ1) is 14.0. The standard InChI is InChI=1S/C21H29N5O2S/c1-14-10-25(11-15(2)27-14)18-9-20(29-19-7-5-6-8-22-19)24-21(23-18)26-12-16(3)28-17(4)13-26/h5-9,14-17H,10-13H2,1-4H3. The average Bonchev–Trinajstić information content (AvgIpc) is 2.67. The van der Waals surface area contributed by atoms with Crippen LogP contribution in [0.4, 0.5) is 11.8 Å². The van der Waals surface area contributed by atoms with Gasteiger partial charge >= 0.3 is 0 Å². The van der Waals surface area contributed by atoms with E-state index in [9.17, 15) is 0 Å². The number of pyridine rings is 1. The largest absolute Gasteiger partial charge is 0.372 e. The summed E-state index contributed by atoms with van der Waals surface area (Å²) in [6.45, 7) is 11.6. The predicted molar refractivity (Wildman–Crippen MR) is 115 cm³/mol. The Balaban J connectivity index is 1.67. The van der Waals surface area contributed by atoms with Crippen molar-refractivity contribution in [1.29, 1.82) is 0 Å². The van der Waals surface area contributed by atoms with Gasteiger partial charge in [-0.2, -0.15) is 4.98 Å². The second-order valence-corrected chi connectivity index (χ2v) is 9.00. The molecule has 7 nitrogen and oxygen atoms in total. The van der Waals surface area contributed by atoms with Crippen LogP contribution in [0.5, 0.6) is 0 Å². The maximum atomic E-state index is 5.91. The maximum Gasteiger partial charge on any atom is 0.228 e. The third kappa shape index (κ3) is 5.18. The monoisotopic (exact) mass is 415 g/mol. The molecule has 0 aliphatic carbocycles. The van der Waals surface area contributed by atoms with E-state index in [0.29, 0.717) is 0 Å². The van der Waals surface area contributed by atoms with Crippen molar-refractivity contribution >= 4 is 23.5 Å². The van der Waals surface area contributed by atoms with Gasteiger partial charge in [-0.25, -0.2) is 9.97 Å². The molecule has 0 N–H and O–H groups in total. The van der Waals surface area contributed by atoms with E-state index in [-0.39, 0.29) is 24.4 Å². The summed E-state index contributed by atoms with van der Waals surface area (Å²) in [5, 5.41) is 1.83. The molecule has 0 aromatic carbocycles. The molecule has 0 radical (unpaired) electrons. The van der Waals surface area contributed by atoms with Crippen LogP contribution in [0, 0.1) is 0 Å². The number of nitrogens with zero attached hydrogens (tertiary/aromatic N) is 5. The second kappa shape index (κ2) is 8.85. The van der Waals surface area contributed by atoms with Crippen molar-refractivity contribution in [2.45, 2.75) is 62.2 Å². The first-order valence-electron chi connectivity index (χ1n) is 10.2. The lowest BCUT2D eigenvalue weighted by Gasteiger charge is -2.38. The minimum atomic E-state index is 0.154. The van der Waals surface area contributed by atoms with Crippen molar-refractivity contribution in [3.05, 3.63) is 30.5 Å². The summed E-state index contributed by atoms with van der Waals surface area (Å²) >= 11 is 1.57. The van der Waals surface area contributed by atoms with E-state index in [1.165, 1.54) is 0 Å². The zero-order chi connectivity index (χ0) is 20.4. The third-order valence-corrected chi connectivity index (χ3v) is 5.84. The number of anilines is 2. The highest BCUT2D eigenvalue weighted by Crippen LogP contribution is 2.30. The molecule has 2 aliphatic heterocycles. The SMILES string of the molecule is CC1CN(c2cc(Sc3ccccn3)nc(N3CC(C)OC(C)C3)n2)CC(C)O1. The van der Waals surface area contributed by atoms with Gasteiger partial charge in [0.05, 0.1) is 24.4 Å². The Morgan fingerprint density at radius 2 is 1.45 bits per heavy atom. The van der Waals surface area contributed by atoms with E-state index >= 15 is 0 Å². The molecule has 0 bridgehead atoms. The number of ether oxygens (including phenoxy) is 2. The zero-order valence-electron chi connectivity index (χ0n) is 17.5. The minimum Gasteiger partial charge on any atom is -0.372 e. The predicted octanol–water partition coefficient (Wildman–Crippen LogP) is 3.25. The molecule has 4 heterocycles. The Bertz CT molecular complexity index is 760. The lowest BCUT2D eigenvalue weighted by atomic mass is 10.2. The van der Waals surface area contributed by atoms with Crippen LogP contribution in [-0.2, 0) is 9.47 Å². The summed E-state index contributed by atoms with van der Waals surface area (Å²) in [4.78, 5) is 18.8. The van der Waals surface area contributed by atoms with Crippen molar-refractivity contribution in [3.63, 3.8) is 0 Å². The molecule has 2 aliphatic rings. The molecule has 2 aromatic rings. The van der Waals surface area contributed by atoms with Gasteiger partial charge < -0.3 is 19.3 Å². The first-order valence-corrected chi connectivity index (χ1v) is 11.1. The van der Waals surface area contributed by atoms with Gasteiger partial charge in [-0.3, -0.25) is 0 Å². The Morgan fingerprint density at radius 3 is 2.03 bits per heavy atom. The van der Waals surface area contributed by atoms with E-state index in [2.05, 4.69) is 48.5 Å². The number of hydrogen-bond donors (Lipinski definition) is 0. The molecule has 0 spiro atoms. The third-order valence-electron chi connectivity index (χ3n) is 4.97. The number of rotatable bonds is 4. The van der Waals surface area contributed by atoms with Crippen LogP contribution < -0.4 is 9.80 Å². The zero-order valence-corrected chi connectivity index (χ0v) is 18.3. The van der Waals surface area contributed by atoms with Gasteiger partial charge in [-0.15, -0.1) is 0 Å². The fraction of sp³-hybridized carbons (Fsp3) is 0.571. The Morgan fingerprint density at radius 1 is 0.828 bits per heavy atom. The summed E-state index contributed by atoms with van der Waals surface area (Å²) < 4.78 is 11.8. The second-order valence-electron chi connectivity index (χ2n) is 7.96. The maximum absolute atomic E-state index is 5.91. The van der Waals surface area contributed by atoms with Crippen LogP contribution in [0.2, 0.25) is 0 Å². The van der Waals surface area contributed by atoms with E-state index in [4.69, 9.17) is 19.4 Å². The van der Waals surface area contributed by atoms with Gasteiger partial charge in [0.1, 0.15) is 15.9 Å². The fourth-order valence-electron chi connectivity index (χ4n) is 3.98. The molecular weight excluding hydrogens is 386 g/mol. The van der Waals surface area contributed by atoms with Gasteiger partial charge in [-0.1, -0.05) is 6.07 Å². The van der Waals surface area contributed by atoms with Gasteiger partial charge in [0.25, 0.3) is 0 Å². The molecule has 4 atom stereocenters. The lowest BCUT2D eigenvalue weighted by molar-refractivity contribution is -0.00606. The fourth-order valence-corrected chi connectivity index (χ4v) is 4.74. The molecule has 0 saturated carbocycles. The molecule has 4 rings (SSSR count). The molecule has 2 fully saturated rings. The lowest BCUT2D eigenvalue weighted by Crippen LogP contribution is -2.47. The Hall–Kier alpha value is -1.90. The molecule has 29 heavy (non-hydrogen) atoms. The quantitative estimate of drug-likeness (QED) is 0.705. The molecule has 2 saturated heterocycles. The van der Waals surface area contributed by atoms with Gasteiger partial charge in [0, 0.05) is 38.4 Å². The van der Waals surface area contributed by atoms with E-state index in [1.807, 2.05) is 24.4 Å². The van der Waals surface area contributed by atoms with Crippen LogP contribution >= 0.6 is 11.8 Å². The van der Waals surface area contributed by atoms with E-state index in [0.717, 1.165) is 48.0 Å². The molecule has 8 heteroatoms. The Labute approximate surface area is 176 Å². The summed E-state index contributed by atoms with van der Waals surface area (Å²) in [6, 6.07) is 7.99. The van der Waals surface area contributed by atoms with Crippen molar-refractivity contribution in [2.75, 3.05) is 36.0 Å². The number of morpholine rings is 2. The van der Waals surface area contributed by atoms with E-state index in [1.54, 1.807) is 11.8 Å². The average molecular weight is 416 g/mol. The molecular formula is C21H29N5O2S. The van der Waals surface area contributed by atoms with Crippen molar-refractivity contribution < 1.29 is 9.47 Å². The van der Waals surface area contributed by atoms with Crippen LogP contribution in [0.15, 0.2) is 40.5 Å². The summed E-state index contributed by atoms with van der Waals surface area (Å²) in [6.07, 6.45) is 2.46. The normalized spacial score (nSPS) is 27.9. The van der Waals surface area contributed by atoms with Crippen molar-refractivity contribution in [3.8, 4) is 0 Å². The number of aromatic nitrogens is 3. The van der Waals surface area contributed by atoms with Gasteiger partial charge in [-0.05, 0) is 51.6 Å². The van der Waals surface area contributed by atoms with Crippen LogP contribution in [-0.4, -0.2) is 65.5 Å². The van der Waals surface area contributed by atoms with Crippen LogP contribution in [0.1, 0.15) is 27.7 Å². The minimum absolute atomic E-state index is 0.154. The molecule has 4 unspecified atom stereocenters. The molecule has 0 amide bonds. The smallest absolute Gasteiger partial charge is 0.228 e. The highest BCUT2D eigenvalue weighted by molar-refractivity contribution is 7.99. The highest BCUT2D eigenvalue weighted by Gasteiger charge is 2.28. The molecule has 156 valence electrons. The van der Waals surface area contributed by atoms with Crippen molar-refractivity contribution in [2.24, 2.45) is 0 Å². The topological polar surface area (TPSA) is 63.6 Å². The summed E-state index contributed by atoms with van der Waals surface area (Å²) in [7, 11) is 0. The number of hydrogen-bond acceptors (Lipinski definition) is 8. The summed E-state index contributed by atoms with van der Waals surface area (Å²) in [5.41, 5.74) is 0. The Kier molecular flexibility index (Phi) is 6.22. The molecule has 2 aromatic heterocycles. The van der Waals surface area contributed by atoms with Crippen LogP contribution in [0.25, 0.3) is 0 Å². The van der Waals surface area contributed by atoms with E-state index < -0.39 is 0 Å². The van der Waals surface area contributed by atoms with Crippen molar-refractivity contribution in [1.82, 2.24) is 15.0 Å². The van der Waals surface area contributed by atoms with Gasteiger partial charge in [0.2, 0.25) is 5.95 Å². The van der Waals surface area contributed by atoms with Crippen LogP contribution in [0.3, 0.4) is 0 Å². The van der Waals surface area contributed by atoms with Gasteiger partial charge in [0.15, 0.2) is 0 Å². The first kappa shape index (κ1) is 20.4. The highest BCUT2D eigenvalue weighted by atomic mass is 32.2. The summed E-state index contributed by atoms with van der Waals surface area (Å²) in [5.74, 6) is 1.71.